The molecule has 0 spiro atoms. The van der Waals surface area contributed by atoms with Gasteiger partial charge >= 0.3 is 0 Å². The molecule has 204 valence electrons. The zero-order valence-electron chi connectivity index (χ0n) is 23.6. The van der Waals surface area contributed by atoms with Crippen LogP contribution in [0.3, 0.4) is 0 Å². The van der Waals surface area contributed by atoms with Gasteiger partial charge in [-0.15, -0.1) is 0 Å². The van der Waals surface area contributed by atoms with Crippen molar-refractivity contribution in [3.05, 3.63) is 124 Å². The molecule has 1 N–H and O–H groups in total. The van der Waals surface area contributed by atoms with E-state index in [0.29, 0.717) is 5.02 Å². The Labute approximate surface area is 243 Å². The second kappa shape index (κ2) is 15.1. The molecule has 0 aliphatic rings. The molecule has 0 aliphatic carbocycles. The molecule has 0 amide bonds. The van der Waals surface area contributed by atoms with Gasteiger partial charge in [0.15, 0.2) is 0 Å². The normalized spacial score (nSPS) is 11.4. The quantitative estimate of drug-likeness (QED) is 0.197. The van der Waals surface area contributed by atoms with Crippen LogP contribution in [-0.4, -0.2) is 21.6 Å². The molecule has 3 aromatic carbocycles. The van der Waals surface area contributed by atoms with Gasteiger partial charge in [0, 0.05) is 16.2 Å². The van der Waals surface area contributed by atoms with Gasteiger partial charge in [-0.2, -0.15) is 11.8 Å². The highest BCUT2D eigenvalue weighted by molar-refractivity contribution is 7.99. The predicted molar refractivity (Wildman–Crippen MR) is 174 cm³/mol. The van der Waals surface area contributed by atoms with E-state index in [1.165, 1.54) is 22.5 Å². The summed E-state index contributed by atoms with van der Waals surface area (Å²) in [4.78, 5) is 4.69. The number of hydrogen-bond acceptors (Lipinski definition) is 3. The van der Waals surface area contributed by atoms with Gasteiger partial charge in [-0.1, -0.05) is 97.4 Å². The zero-order valence-corrected chi connectivity index (χ0v) is 25.2. The van der Waals surface area contributed by atoms with Crippen molar-refractivity contribution in [2.45, 2.75) is 52.6 Å². The Kier molecular flexibility index (Phi) is 11.9. The van der Waals surface area contributed by atoms with Crippen LogP contribution in [0.2, 0.25) is 5.02 Å². The van der Waals surface area contributed by atoms with Gasteiger partial charge in [-0.3, -0.25) is 0 Å². The zero-order chi connectivity index (χ0) is 28.3. The minimum absolute atomic E-state index is 0.698. The van der Waals surface area contributed by atoms with E-state index in [1.807, 2.05) is 74.1 Å². The number of benzene rings is 3. The summed E-state index contributed by atoms with van der Waals surface area (Å²) >= 11 is 8.02. The number of pyridine rings is 1. The van der Waals surface area contributed by atoms with E-state index in [9.17, 15) is 5.11 Å². The highest BCUT2D eigenvalue weighted by Gasteiger charge is 2.18. The number of thioether (sulfide) groups is 1. The van der Waals surface area contributed by atoms with Crippen LogP contribution in [0, 0.1) is 0 Å². The average Bonchev–Trinajstić information content (AvgIpc) is 2.91. The Morgan fingerprint density at radius 1 is 0.974 bits per heavy atom. The van der Waals surface area contributed by atoms with Gasteiger partial charge in [0.05, 0.1) is 16.8 Å². The topological polar surface area (TPSA) is 33.1 Å². The fourth-order valence-corrected chi connectivity index (χ4v) is 5.05. The number of fused-ring (bicyclic) bond motifs is 1. The summed E-state index contributed by atoms with van der Waals surface area (Å²) in [7, 11) is 0. The molecule has 4 aromatic rings. The number of aryl methyl sites for hydroxylation is 2. The summed E-state index contributed by atoms with van der Waals surface area (Å²) < 4.78 is 0. The molecule has 0 unspecified atom stereocenters. The average molecular weight is 558 g/mol. The van der Waals surface area contributed by atoms with Gasteiger partial charge < -0.3 is 5.11 Å². The lowest BCUT2D eigenvalue weighted by Gasteiger charge is -2.21. The number of rotatable bonds is 10. The molecule has 4 rings (SSSR count). The first-order chi connectivity index (χ1) is 18.7. The second-order valence-electron chi connectivity index (χ2n) is 10.3. The highest BCUT2D eigenvalue weighted by atomic mass is 35.5. The Hall–Kier alpha value is -2.85. The lowest BCUT2D eigenvalue weighted by Crippen LogP contribution is -2.18. The molecule has 0 saturated heterocycles. The van der Waals surface area contributed by atoms with Crippen molar-refractivity contribution in [1.29, 1.82) is 0 Å². The Morgan fingerprint density at radius 3 is 2.46 bits per heavy atom. The number of aliphatic hydroxyl groups is 1. The van der Waals surface area contributed by atoms with E-state index in [2.05, 4.69) is 62.9 Å². The summed E-state index contributed by atoms with van der Waals surface area (Å²) in [6.07, 6.45) is 7.12. The van der Waals surface area contributed by atoms with Gasteiger partial charge in [0.25, 0.3) is 0 Å². The molecule has 0 bridgehead atoms. The molecular formula is C35H40ClNOS. The van der Waals surface area contributed by atoms with E-state index in [0.717, 1.165) is 52.7 Å². The smallest absolute Gasteiger partial charge is 0.0843 e. The van der Waals surface area contributed by atoms with Crippen molar-refractivity contribution >= 4 is 46.4 Å². The SMILES string of the molecule is C=C(C)CSCC.CC(C)(O)c1ccccc1CCCc1cccc(/C=C/c2ccc3ccc(Cl)cc3n2)c1. The van der Waals surface area contributed by atoms with Crippen molar-refractivity contribution in [1.82, 2.24) is 4.98 Å². The molecule has 1 heterocycles. The third-order valence-corrected chi connectivity index (χ3v) is 7.55. The maximum absolute atomic E-state index is 10.4. The van der Waals surface area contributed by atoms with E-state index in [-0.39, 0.29) is 0 Å². The minimum Gasteiger partial charge on any atom is -0.386 e. The lowest BCUT2D eigenvalue weighted by molar-refractivity contribution is 0.0776. The van der Waals surface area contributed by atoms with Gasteiger partial charge in [0.2, 0.25) is 0 Å². The molecule has 0 aliphatic heterocycles. The number of aromatic nitrogens is 1. The number of halogens is 1. The predicted octanol–water partition coefficient (Wildman–Crippen LogP) is 9.78. The van der Waals surface area contributed by atoms with E-state index >= 15 is 0 Å². The summed E-state index contributed by atoms with van der Waals surface area (Å²) in [5, 5.41) is 12.2. The summed E-state index contributed by atoms with van der Waals surface area (Å²) in [5.41, 5.74) is 6.97. The summed E-state index contributed by atoms with van der Waals surface area (Å²) in [6.45, 7) is 11.7. The molecule has 0 fully saturated rings. The first kappa shape index (κ1) is 30.7. The molecule has 2 nitrogen and oxygen atoms in total. The van der Waals surface area contributed by atoms with Crippen LogP contribution in [0.25, 0.3) is 23.1 Å². The van der Waals surface area contributed by atoms with Gasteiger partial charge in [-0.25, -0.2) is 4.98 Å². The standard InChI is InChI=1S/C29H28ClNO.C6H12S/c1-29(2,32)27-12-4-3-10-23(27)11-6-9-21-7-5-8-22(19-21)13-17-26-18-15-24-14-16-25(30)20-28(24)31-26;1-4-7-5-6(2)3/h3-5,7-8,10,12-20,32H,6,9,11H2,1-2H3;2,4-5H2,1,3H3/b17-13+;. The van der Waals surface area contributed by atoms with Crippen LogP contribution in [-0.2, 0) is 18.4 Å². The summed E-state index contributed by atoms with van der Waals surface area (Å²) in [6, 6.07) is 26.7. The maximum Gasteiger partial charge on any atom is 0.0843 e. The van der Waals surface area contributed by atoms with Crippen molar-refractivity contribution in [3.8, 4) is 0 Å². The fraction of sp³-hybridized carbons (Fsp3) is 0.286. The molecule has 4 heteroatoms. The molecule has 1 aromatic heterocycles. The number of nitrogens with zero attached hydrogens (tertiary/aromatic N) is 1. The maximum atomic E-state index is 10.4. The lowest BCUT2D eigenvalue weighted by atomic mass is 9.90. The molecule has 0 atom stereocenters. The Morgan fingerprint density at radius 2 is 1.74 bits per heavy atom. The molecule has 0 radical (unpaired) electrons. The first-order valence-electron chi connectivity index (χ1n) is 13.5. The van der Waals surface area contributed by atoms with E-state index in [4.69, 9.17) is 16.6 Å². The highest BCUT2D eigenvalue weighted by Crippen LogP contribution is 2.25. The molecule has 39 heavy (non-hydrogen) atoms. The van der Waals surface area contributed by atoms with Gasteiger partial charge in [-0.05, 0) is 92.3 Å². The van der Waals surface area contributed by atoms with Crippen LogP contribution < -0.4 is 0 Å². The molecule has 0 saturated carbocycles. The Balaban J connectivity index is 0.000000532. The van der Waals surface area contributed by atoms with Crippen LogP contribution in [0.15, 0.2) is 91.0 Å². The van der Waals surface area contributed by atoms with Crippen LogP contribution in [0.4, 0.5) is 0 Å². The number of hydrogen-bond donors (Lipinski definition) is 1. The minimum atomic E-state index is -0.816. The fourth-order valence-electron chi connectivity index (χ4n) is 4.33. The van der Waals surface area contributed by atoms with Crippen molar-refractivity contribution in [3.63, 3.8) is 0 Å². The van der Waals surface area contributed by atoms with Crippen molar-refractivity contribution in [2.24, 2.45) is 0 Å². The van der Waals surface area contributed by atoms with Crippen molar-refractivity contribution < 1.29 is 5.11 Å². The van der Waals surface area contributed by atoms with E-state index in [1.54, 1.807) is 0 Å². The largest absolute Gasteiger partial charge is 0.386 e. The second-order valence-corrected chi connectivity index (χ2v) is 12.0. The first-order valence-corrected chi connectivity index (χ1v) is 15.0. The third-order valence-electron chi connectivity index (χ3n) is 6.21. The molecular weight excluding hydrogens is 518 g/mol. The van der Waals surface area contributed by atoms with E-state index < -0.39 is 5.60 Å². The summed E-state index contributed by atoms with van der Waals surface area (Å²) in [5.74, 6) is 2.32. The van der Waals surface area contributed by atoms with Crippen LogP contribution in [0.5, 0.6) is 0 Å². The van der Waals surface area contributed by atoms with Crippen LogP contribution >= 0.6 is 23.4 Å². The van der Waals surface area contributed by atoms with Gasteiger partial charge in [0.1, 0.15) is 0 Å². The third kappa shape index (κ3) is 10.3. The van der Waals surface area contributed by atoms with Crippen LogP contribution in [0.1, 0.15) is 62.1 Å². The monoisotopic (exact) mass is 557 g/mol. The Bertz CT molecular complexity index is 1400. The van der Waals surface area contributed by atoms with Crippen molar-refractivity contribution in [2.75, 3.05) is 11.5 Å².